The van der Waals surface area contributed by atoms with Crippen molar-refractivity contribution >= 4 is 5.91 Å². The van der Waals surface area contributed by atoms with Crippen molar-refractivity contribution < 1.29 is 9.53 Å². The Kier molecular flexibility index (Phi) is 7.45. The number of amides is 1. The molecule has 1 atom stereocenters. The summed E-state index contributed by atoms with van der Waals surface area (Å²) >= 11 is 0. The molecule has 1 fully saturated rings. The van der Waals surface area contributed by atoms with Gasteiger partial charge in [-0.2, -0.15) is 10.4 Å². The number of methoxy groups -OCH3 is 1. The van der Waals surface area contributed by atoms with Crippen molar-refractivity contribution in [2.45, 2.75) is 58.9 Å². The van der Waals surface area contributed by atoms with Gasteiger partial charge in [-0.1, -0.05) is 6.42 Å². The third-order valence-corrected chi connectivity index (χ3v) is 5.08. The highest BCUT2D eigenvalue weighted by molar-refractivity contribution is 5.76. The van der Waals surface area contributed by atoms with Gasteiger partial charge < -0.3 is 9.64 Å². The van der Waals surface area contributed by atoms with Crippen LogP contribution < -0.4 is 0 Å². The SMILES string of the molecule is COCC1CCCCN(C(=O)CCc2c(C)nn(CCC#N)c2C)C1. The van der Waals surface area contributed by atoms with Gasteiger partial charge in [-0.3, -0.25) is 9.48 Å². The summed E-state index contributed by atoms with van der Waals surface area (Å²) in [6.45, 7) is 7.02. The summed E-state index contributed by atoms with van der Waals surface area (Å²) in [7, 11) is 1.73. The number of rotatable bonds is 7. The first kappa shape index (κ1) is 19.5. The van der Waals surface area contributed by atoms with Crippen LogP contribution in [0.2, 0.25) is 0 Å². The minimum atomic E-state index is 0.228. The fourth-order valence-corrected chi connectivity index (χ4v) is 3.69. The molecule has 6 heteroatoms. The number of nitrogens with zero attached hydrogens (tertiary/aromatic N) is 4. The predicted octanol–water partition coefficient (Wildman–Crippen LogP) is 2.62. The van der Waals surface area contributed by atoms with E-state index in [2.05, 4.69) is 11.2 Å². The Morgan fingerprint density at radius 2 is 2.20 bits per heavy atom. The van der Waals surface area contributed by atoms with Gasteiger partial charge in [0.2, 0.25) is 5.91 Å². The lowest BCUT2D eigenvalue weighted by Gasteiger charge is -2.24. The van der Waals surface area contributed by atoms with Crippen LogP contribution in [-0.4, -0.2) is 47.4 Å². The van der Waals surface area contributed by atoms with Crippen molar-refractivity contribution in [2.75, 3.05) is 26.8 Å². The van der Waals surface area contributed by atoms with E-state index in [0.717, 1.165) is 49.5 Å². The van der Waals surface area contributed by atoms with Gasteiger partial charge in [-0.25, -0.2) is 0 Å². The number of carbonyl (C=O) groups excluding carboxylic acids is 1. The third kappa shape index (κ3) is 5.30. The summed E-state index contributed by atoms with van der Waals surface area (Å²) in [6, 6.07) is 2.15. The first-order chi connectivity index (χ1) is 12.1. The van der Waals surface area contributed by atoms with Crippen molar-refractivity contribution in [2.24, 2.45) is 5.92 Å². The number of aromatic nitrogens is 2. The average molecular weight is 346 g/mol. The van der Waals surface area contributed by atoms with E-state index in [1.54, 1.807) is 7.11 Å². The van der Waals surface area contributed by atoms with Crippen molar-refractivity contribution in [1.82, 2.24) is 14.7 Å². The van der Waals surface area contributed by atoms with Crippen LogP contribution in [0.4, 0.5) is 0 Å². The quantitative estimate of drug-likeness (QED) is 0.761. The summed E-state index contributed by atoms with van der Waals surface area (Å²) in [6.07, 6.45) is 5.08. The lowest BCUT2D eigenvalue weighted by Crippen LogP contribution is -2.35. The number of hydrogen-bond donors (Lipinski definition) is 0. The van der Waals surface area contributed by atoms with E-state index in [0.29, 0.717) is 31.7 Å². The molecule has 0 saturated carbocycles. The fraction of sp³-hybridized carbons (Fsp3) is 0.737. The van der Waals surface area contributed by atoms with E-state index in [1.165, 1.54) is 6.42 Å². The molecule has 0 N–H and O–H groups in total. The highest BCUT2D eigenvalue weighted by Crippen LogP contribution is 2.20. The summed E-state index contributed by atoms with van der Waals surface area (Å²) in [4.78, 5) is 14.7. The molecule has 1 aromatic rings. The summed E-state index contributed by atoms with van der Waals surface area (Å²) < 4.78 is 7.18. The molecule has 0 aliphatic carbocycles. The van der Waals surface area contributed by atoms with Gasteiger partial charge in [0.1, 0.15) is 0 Å². The van der Waals surface area contributed by atoms with Crippen LogP contribution in [0.25, 0.3) is 0 Å². The Balaban J connectivity index is 1.95. The predicted molar refractivity (Wildman–Crippen MR) is 96.0 cm³/mol. The topological polar surface area (TPSA) is 71.2 Å². The molecule has 1 unspecified atom stereocenters. The largest absolute Gasteiger partial charge is 0.384 e. The van der Waals surface area contributed by atoms with Gasteiger partial charge in [0.15, 0.2) is 0 Å². The molecule has 0 spiro atoms. The van der Waals surface area contributed by atoms with Gasteiger partial charge in [0.05, 0.1) is 31.3 Å². The lowest BCUT2D eigenvalue weighted by atomic mass is 10.0. The van der Waals surface area contributed by atoms with Crippen LogP contribution in [0.3, 0.4) is 0 Å². The van der Waals surface area contributed by atoms with E-state index >= 15 is 0 Å². The van der Waals surface area contributed by atoms with Crippen LogP contribution in [-0.2, 0) is 22.5 Å². The highest BCUT2D eigenvalue weighted by Gasteiger charge is 2.22. The van der Waals surface area contributed by atoms with Crippen LogP contribution >= 0.6 is 0 Å². The van der Waals surface area contributed by atoms with Gasteiger partial charge in [0.25, 0.3) is 0 Å². The molecule has 25 heavy (non-hydrogen) atoms. The smallest absolute Gasteiger partial charge is 0.222 e. The second-order valence-corrected chi connectivity index (χ2v) is 6.94. The van der Waals surface area contributed by atoms with Crippen LogP contribution in [0.5, 0.6) is 0 Å². The van der Waals surface area contributed by atoms with E-state index in [9.17, 15) is 4.79 Å². The maximum absolute atomic E-state index is 12.7. The van der Waals surface area contributed by atoms with Gasteiger partial charge in [0, 0.05) is 32.3 Å². The van der Waals surface area contributed by atoms with E-state index in [-0.39, 0.29) is 5.91 Å². The van der Waals surface area contributed by atoms with Crippen molar-refractivity contribution in [1.29, 1.82) is 5.26 Å². The molecular formula is C19H30N4O2. The number of hydrogen-bond acceptors (Lipinski definition) is 4. The first-order valence-corrected chi connectivity index (χ1v) is 9.23. The number of carbonyl (C=O) groups is 1. The van der Waals surface area contributed by atoms with Crippen molar-refractivity contribution in [3.8, 4) is 6.07 Å². The van der Waals surface area contributed by atoms with Gasteiger partial charge in [-0.15, -0.1) is 0 Å². The Morgan fingerprint density at radius 1 is 1.40 bits per heavy atom. The number of likely N-dealkylation sites (tertiary alicyclic amines) is 1. The minimum Gasteiger partial charge on any atom is -0.384 e. The molecule has 2 heterocycles. The van der Waals surface area contributed by atoms with Crippen LogP contribution in [0.1, 0.15) is 49.1 Å². The molecule has 0 aromatic carbocycles. The molecule has 2 rings (SSSR count). The Labute approximate surface area is 150 Å². The lowest BCUT2D eigenvalue weighted by molar-refractivity contribution is -0.131. The second kappa shape index (κ2) is 9.57. The molecule has 1 amide bonds. The molecular weight excluding hydrogens is 316 g/mol. The van der Waals surface area contributed by atoms with Gasteiger partial charge in [-0.05, 0) is 44.6 Å². The molecule has 0 bridgehead atoms. The molecule has 1 saturated heterocycles. The zero-order valence-corrected chi connectivity index (χ0v) is 15.8. The van der Waals surface area contributed by atoms with Crippen molar-refractivity contribution in [3.63, 3.8) is 0 Å². The molecule has 1 aliphatic heterocycles. The molecule has 1 aromatic heterocycles. The molecule has 138 valence electrons. The normalized spacial score (nSPS) is 18.0. The van der Waals surface area contributed by atoms with E-state index < -0.39 is 0 Å². The Morgan fingerprint density at radius 3 is 2.92 bits per heavy atom. The monoisotopic (exact) mass is 346 g/mol. The zero-order chi connectivity index (χ0) is 18.2. The maximum atomic E-state index is 12.7. The van der Waals surface area contributed by atoms with E-state index in [1.807, 2.05) is 23.4 Å². The van der Waals surface area contributed by atoms with Crippen molar-refractivity contribution in [3.05, 3.63) is 17.0 Å². The summed E-state index contributed by atoms with van der Waals surface area (Å²) in [5.74, 6) is 0.681. The highest BCUT2D eigenvalue weighted by atomic mass is 16.5. The van der Waals surface area contributed by atoms with Crippen LogP contribution in [0.15, 0.2) is 0 Å². The second-order valence-electron chi connectivity index (χ2n) is 6.94. The third-order valence-electron chi connectivity index (χ3n) is 5.08. The maximum Gasteiger partial charge on any atom is 0.222 e. The fourth-order valence-electron chi connectivity index (χ4n) is 3.69. The van der Waals surface area contributed by atoms with Gasteiger partial charge >= 0.3 is 0 Å². The van der Waals surface area contributed by atoms with Crippen LogP contribution in [0, 0.1) is 31.1 Å². The van der Waals surface area contributed by atoms with E-state index in [4.69, 9.17) is 10.00 Å². The number of ether oxygens (including phenoxy) is 1. The average Bonchev–Trinajstić information content (AvgIpc) is 2.77. The number of nitriles is 1. The Hall–Kier alpha value is -1.87. The zero-order valence-electron chi connectivity index (χ0n) is 15.8. The molecule has 1 aliphatic rings. The molecule has 0 radical (unpaired) electrons. The summed E-state index contributed by atoms with van der Waals surface area (Å²) in [5, 5.41) is 13.3. The summed E-state index contributed by atoms with van der Waals surface area (Å²) in [5.41, 5.74) is 3.19. The minimum absolute atomic E-state index is 0.228. The number of aryl methyl sites for hydroxylation is 2. The standard InChI is InChI=1S/C19H30N4O2/c1-15-18(16(2)23(21-15)12-6-10-20)8-9-19(24)22-11-5-4-7-17(13-22)14-25-3/h17H,4-9,11-14H2,1-3H3. The first-order valence-electron chi connectivity index (χ1n) is 9.23. The Bertz CT molecular complexity index is 618. The molecule has 6 nitrogen and oxygen atoms in total.